The molecule has 0 aliphatic carbocycles. The van der Waals surface area contributed by atoms with Crippen molar-refractivity contribution in [2.75, 3.05) is 6.54 Å². The number of rotatable bonds is 6. The number of fused-ring (bicyclic) bond motifs is 2. The van der Waals surface area contributed by atoms with Gasteiger partial charge in [-0.3, -0.25) is 14.2 Å². The maximum atomic E-state index is 12.6. The van der Waals surface area contributed by atoms with Crippen LogP contribution in [0, 0.1) is 0 Å². The van der Waals surface area contributed by atoms with E-state index in [0.29, 0.717) is 24.0 Å². The molecule has 0 radical (unpaired) electrons. The van der Waals surface area contributed by atoms with Crippen LogP contribution >= 0.6 is 0 Å². The quantitative estimate of drug-likeness (QED) is 0.621. The summed E-state index contributed by atoms with van der Waals surface area (Å²) >= 11 is 0. The minimum absolute atomic E-state index is 0.0855. The van der Waals surface area contributed by atoms with Crippen molar-refractivity contribution in [3.05, 3.63) is 75.8 Å². The zero-order valence-electron chi connectivity index (χ0n) is 17.6. The molecule has 0 spiro atoms. The van der Waals surface area contributed by atoms with Crippen molar-refractivity contribution >= 4 is 22.8 Å². The fourth-order valence-electron chi connectivity index (χ4n) is 3.79. The molecule has 31 heavy (non-hydrogen) atoms. The number of aromatic nitrogens is 2. The van der Waals surface area contributed by atoms with Crippen LogP contribution < -0.4 is 10.9 Å². The summed E-state index contributed by atoms with van der Waals surface area (Å²) in [6.45, 7) is 4.68. The first-order chi connectivity index (χ1) is 14.9. The van der Waals surface area contributed by atoms with Crippen LogP contribution in [0.15, 0.2) is 53.3 Å². The summed E-state index contributed by atoms with van der Waals surface area (Å²) in [5.74, 6) is -0.0991. The molecule has 2 atom stereocenters. The summed E-state index contributed by atoms with van der Waals surface area (Å²) in [5.41, 5.74) is 1.78. The predicted molar refractivity (Wildman–Crippen MR) is 117 cm³/mol. The SMILES string of the molecule is C[C@H](OC(=O)c1ccc2c(=O)n3c(nc2c1)CCC3)C(=O)NC[C@@H](C)c1ccccc1. The lowest BCUT2D eigenvalue weighted by Gasteiger charge is -2.17. The van der Waals surface area contributed by atoms with Gasteiger partial charge in [-0.1, -0.05) is 37.3 Å². The molecule has 7 heteroatoms. The molecule has 2 aromatic carbocycles. The Hall–Kier alpha value is -3.48. The van der Waals surface area contributed by atoms with Gasteiger partial charge in [-0.25, -0.2) is 9.78 Å². The fraction of sp³-hybridized carbons (Fsp3) is 0.333. The van der Waals surface area contributed by atoms with Crippen molar-refractivity contribution in [2.24, 2.45) is 0 Å². The zero-order chi connectivity index (χ0) is 22.0. The van der Waals surface area contributed by atoms with Gasteiger partial charge in [0.1, 0.15) is 5.82 Å². The average molecular weight is 419 g/mol. The number of ether oxygens (including phenoxy) is 1. The van der Waals surface area contributed by atoms with Crippen molar-refractivity contribution in [3.8, 4) is 0 Å². The van der Waals surface area contributed by atoms with E-state index in [1.54, 1.807) is 23.6 Å². The van der Waals surface area contributed by atoms with Crippen molar-refractivity contribution in [1.82, 2.24) is 14.9 Å². The van der Waals surface area contributed by atoms with Gasteiger partial charge in [-0.05, 0) is 43.0 Å². The lowest BCUT2D eigenvalue weighted by Crippen LogP contribution is -2.37. The number of hydrogen-bond acceptors (Lipinski definition) is 5. The van der Waals surface area contributed by atoms with Crippen LogP contribution in [0.25, 0.3) is 10.9 Å². The van der Waals surface area contributed by atoms with Crippen LogP contribution in [-0.2, 0) is 22.5 Å². The Morgan fingerprint density at radius 1 is 1.16 bits per heavy atom. The van der Waals surface area contributed by atoms with Crippen LogP contribution in [-0.4, -0.2) is 34.1 Å². The molecule has 2 heterocycles. The molecule has 0 saturated carbocycles. The van der Waals surface area contributed by atoms with Gasteiger partial charge in [-0.15, -0.1) is 0 Å². The van der Waals surface area contributed by atoms with Crippen molar-refractivity contribution in [2.45, 2.75) is 45.3 Å². The van der Waals surface area contributed by atoms with E-state index in [1.807, 2.05) is 37.3 Å². The Bertz CT molecular complexity index is 1190. The van der Waals surface area contributed by atoms with E-state index in [2.05, 4.69) is 10.3 Å². The number of hydrogen-bond donors (Lipinski definition) is 1. The van der Waals surface area contributed by atoms with Crippen molar-refractivity contribution in [3.63, 3.8) is 0 Å². The first-order valence-corrected chi connectivity index (χ1v) is 10.5. The monoisotopic (exact) mass is 419 g/mol. The van der Waals surface area contributed by atoms with Gasteiger partial charge in [0.05, 0.1) is 16.5 Å². The fourth-order valence-corrected chi connectivity index (χ4v) is 3.79. The van der Waals surface area contributed by atoms with E-state index in [9.17, 15) is 14.4 Å². The van der Waals surface area contributed by atoms with E-state index < -0.39 is 12.1 Å². The summed E-state index contributed by atoms with van der Waals surface area (Å²) in [5, 5.41) is 3.31. The van der Waals surface area contributed by atoms with Crippen molar-refractivity contribution in [1.29, 1.82) is 0 Å². The minimum Gasteiger partial charge on any atom is -0.449 e. The second-order valence-electron chi connectivity index (χ2n) is 7.92. The lowest BCUT2D eigenvalue weighted by atomic mass is 10.0. The normalized spacial score (nSPS) is 14.6. The number of aryl methyl sites for hydroxylation is 1. The predicted octanol–water partition coefficient (Wildman–Crippen LogP) is 2.81. The molecule has 4 rings (SSSR count). The van der Waals surface area contributed by atoms with E-state index in [0.717, 1.165) is 24.2 Å². The zero-order valence-corrected chi connectivity index (χ0v) is 17.6. The lowest BCUT2D eigenvalue weighted by molar-refractivity contribution is -0.129. The van der Waals surface area contributed by atoms with E-state index >= 15 is 0 Å². The largest absolute Gasteiger partial charge is 0.449 e. The average Bonchev–Trinajstić information content (AvgIpc) is 3.26. The van der Waals surface area contributed by atoms with Crippen LogP contribution in [0.3, 0.4) is 0 Å². The number of nitrogens with one attached hydrogen (secondary N) is 1. The number of carbonyl (C=O) groups excluding carboxylic acids is 2. The molecule has 3 aromatic rings. The molecular weight excluding hydrogens is 394 g/mol. The van der Waals surface area contributed by atoms with Crippen LogP contribution in [0.2, 0.25) is 0 Å². The third-order valence-electron chi connectivity index (χ3n) is 5.66. The van der Waals surface area contributed by atoms with Crippen molar-refractivity contribution < 1.29 is 14.3 Å². The Balaban J connectivity index is 1.40. The summed E-state index contributed by atoms with van der Waals surface area (Å²) in [6.07, 6.45) is 0.700. The standard InChI is InChI=1S/C24H25N3O4/c1-15(17-7-4-3-5-8-17)14-25-22(28)16(2)31-24(30)18-10-11-19-20(13-18)26-21-9-6-12-27(21)23(19)29/h3-5,7-8,10-11,13,15-16H,6,9,12,14H2,1-2H3,(H,25,28)/t15-,16+/m1/s1. The number of benzene rings is 2. The highest BCUT2D eigenvalue weighted by molar-refractivity contribution is 5.95. The number of carbonyl (C=O) groups is 2. The first kappa shape index (κ1) is 20.8. The third kappa shape index (κ3) is 4.35. The van der Waals surface area contributed by atoms with Gasteiger partial charge < -0.3 is 10.1 Å². The van der Waals surface area contributed by atoms with Gasteiger partial charge in [0.15, 0.2) is 6.10 Å². The van der Waals surface area contributed by atoms with Crippen LogP contribution in [0.1, 0.15) is 47.9 Å². The smallest absolute Gasteiger partial charge is 0.338 e. The molecule has 1 amide bonds. The first-order valence-electron chi connectivity index (χ1n) is 10.5. The minimum atomic E-state index is -0.940. The van der Waals surface area contributed by atoms with Gasteiger partial charge in [0, 0.05) is 19.5 Å². The molecule has 0 fully saturated rings. The topological polar surface area (TPSA) is 90.3 Å². The summed E-state index contributed by atoms with van der Waals surface area (Å²) in [6, 6.07) is 14.6. The molecule has 0 saturated heterocycles. The molecule has 1 N–H and O–H groups in total. The number of amides is 1. The van der Waals surface area contributed by atoms with E-state index in [-0.39, 0.29) is 22.9 Å². The van der Waals surface area contributed by atoms with E-state index in [4.69, 9.17) is 4.74 Å². The highest BCUT2D eigenvalue weighted by atomic mass is 16.5. The Labute approximate surface area is 180 Å². The molecule has 1 aromatic heterocycles. The number of esters is 1. The van der Waals surface area contributed by atoms with Crippen LogP contribution in [0.5, 0.6) is 0 Å². The molecule has 0 bridgehead atoms. The number of nitrogens with zero attached hydrogens (tertiary/aromatic N) is 2. The highest BCUT2D eigenvalue weighted by Gasteiger charge is 2.21. The van der Waals surface area contributed by atoms with Gasteiger partial charge >= 0.3 is 5.97 Å². The third-order valence-corrected chi connectivity index (χ3v) is 5.66. The van der Waals surface area contributed by atoms with Gasteiger partial charge in [0.2, 0.25) is 0 Å². The molecule has 160 valence electrons. The molecule has 0 unspecified atom stereocenters. The Morgan fingerprint density at radius 2 is 1.94 bits per heavy atom. The molecule has 1 aliphatic rings. The second kappa shape index (κ2) is 8.71. The maximum Gasteiger partial charge on any atom is 0.338 e. The highest BCUT2D eigenvalue weighted by Crippen LogP contribution is 2.17. The van der Waals surface area contributed by atoms with Gasteiger partial charge in [0.25, 0.3) is 11.5 Å². The Morgan fingerprint density at radius 3 is 2.71 bits per heavy atom. The van der Waals surface area contributed by atoms with Gasteiger partial charge in [-0.2, -0.15) is 0 Å². The molecule has 1 aliphatic heterocycles. The Kier molecular flexibility index (Phi) is 5.84. The summed E-state index contributed by atoms with van der Waals surface area (Å²) in [7, 11) is 0. The molecule has 7 nitrogen and oxygen atoms in total. The summed E-state index contributed by atoms with van der Waals surface area (Å²) < 4.78 is 7.03. The van der Waals surface area contributed by atoms with Crippen LogP contribution in [0.4, 0.5) is 0 Å². The van der Waals surface area contributed by atoms with E-state index in [1.165, 1.54) is 6.07 Å². The summed E-state index contributed by atoms with van der Waals surface area (Å²) in [4.78, 5) is 42.0. The second-order valence-corrected chi connectivity index (χ2v) is 7.92. The molecular formula is C24H25N3O4. The maximum absolute atomic E-state index is 12.6.